The van der Waals surface area contributed by atoms with Crippen LogP contribution in [0.25, 0.3) is 22.3 Å². The first-order chi connectivity index (χ1) is 16.6. The number of aromatic nitrogens is 2. The number of hydrogen-bond acceptors (Lipinski definition) is 5. The molecule has 0 radical (unpaired) electrons. The second kappa shape index (κ2) is 10.3. The summed E-state index contributed by atoms with van der Waals surface area (Å²) in [7, 11) is 0. The van der Waals surface area contributed by atoms with Crippen LogP contribution < -0.4 is 11.3 Å². The van der Waals surface area contributed by atoms with Crippen molar-refractivity contribution in [3.05, 3.63) is 74.0 Å². The van der Waals surface area contributed by atoms with Crippen LogP contribution in [-0.4, -0.2) is 20.8 Å². The van der Waals surface area contributed by atoms with Crippen molar-refractivity contribution in [2.75, 3.05) is 0 Å². The average Bonchev–Trinajstić information content (AvgIpc) is 3.17. The molecule has 3 N–H and O–H groups in total. The van der Waals surface area contributed by atoms with E-state index in [9.17, 15) is 14.0 Å². The second-order valence-corrected chi connectivity index (χ2v) is 8.61. The quantitative estimate of drug-likeness (QED) is 0.373. The van der Waals surface area contributed by atoms with E-state index in [1.807, 2.05) is 26.8 Å². The molecular weight excluding hydrogens is 449 g/mol. The van der Waals surface area contributed by atoms with Crippen molar-refractivity contribution in [1.82, 2.24) is 9.55 Å². The van der Waals surface area contributed by atoms with E-state index in [4.69, 9.17) is 15.8 Å². The van der Waals surface area contributed by atoms with Crippen molar-refractivity contribution in [3.63, 3.8) is 0 Å². The summed E-state index contributed by atoms with van der Waals surface area (Å²) in [5, 5.41) is 9.80. The SMILES string of the molecule is C=C(C)N.CC.Cc1cc2n(c(=O)c1COC(=O)O)Cc1c-2nc2cc(F)c(C)c3c2c1CCC3. The molecule has 0 atom stereocenters. The molecule has 1 aliphatic heterocycles. The number of nitrogens with zero attached hydrogens (tertiary/aromatic N) is 2. The van der Waals surface area contributed by atoms with Crippen LogP contribution in [0.3, 0.4) is 0 Å². The number of carbonyl (C=O) groups is 1. The van der Waals surface area contributed by atoms with E-state index < -0.39 is 6.16 Å². The molecule has 1 aromatic carbocycles. The Bertz CT molecular complexity index is 1390. The highest BCUT2D eigenvalue weighted by molar-refractivity contribution is 5.92. The molecular formula is C27H32FN3O4. The molecule has 2 aliphatic rings. The molecule has 3 aromatic rings. The lowest BCUT2D eigenvalue weighted by Gasteiger charge is -2.21. The normalized spacial score (nSPS) is 12.5. The van der Waals surface area contributed by atoms with Gasteiger partial charge in [0.15, 0.2) is 0 Å². The molecule has 0 amide bonds. The molecule has 0 saturated carbocycles. The minimum absolute atomic E-state index is 0.250. The van der Waals surface area contributed by atoms with Crippen LogP contribution in [0, 0.1) is 19.7 Å². The van der Waals surface area contributed by atoms with E-state index in [1.165, 1.54) is 6.07 Å². The molecule has 186 valence electrons. The van der Waals surface area contributed by atoms with Gasteiger partial charge in [-0.05, 0) is 74.1 Å². The Morgan fingerprint density at radius 2 is 1.86 bits per heavy atom. The molecule has 8 heteroatoms. The molecule has 35 heavy (non-hydrogen) atoms. The van der Waals surface area contributed by atoms with Crippen LogP contribution in [0.15, 0.2) is 29.2 Å². The number of pyridine rings is 2. The lowest BCUT2D eigenvalue weighted by molar-refractivity contribution is 0.0848. The maximum absolute atomic E-state index is 14.5. The van der Waals surface area contributed by atoms with Crippen molar-refractivity contribution in [3.8, 4) is 11.4 Å². The van der Waals surface area contributed by atoms with Gasteiger partial charge < -0.3 is 20.1 Å². The lowest BCUT2D eigenvalue weighted by Crippen LogP contribution is -2.25. The Labute approximate surface area is 204 Å². The molecule has 1 aliphatic carbocycles. The zero-order valence-corrected chi connectivity index (χ0v) is 20.9. The van der Waals surface area contributed by atoms with Gasteiger partial charge in [0.05, 0.1) is 29.0 Å². The molecule has 0 fully saturated rings. The van der Waals surface area contributed by atoms with Crippen molar-refractivity contribution < 1.29 is 19.0 Å². The minimum atomic E-state index is -1.42. The molecule has 0 saturated heterocycles. The van der Waals surface area contributed by atoms with Gasteiger partial charge in [0.1, 0.15) is 12.4 Å². The summed E-state index contributed by atoms with van der Waals surface area (Å²) in [6.07, 6.45) is 1.22. The second-order valence-electron chi connectivity index (χ2n) is 8.61. The molecule has 7 nitrogen and oxygen atoms in total. The first kappa shape index (κ1) is 25.9. The third-order valence-corrected chi connectivity index (χ3v) is 6.19. The molecule has 0 unspecified atom stereocenters. The molecule has 0 bridgehead atoms. The van der Waals surface area contributed by atoms with E-state index in [1.54, 1.807) is 18.4 Å². The Kier molecular flexibility index (Phi) is 7.63. The van der Waals surface area contributed by atoms with E-state index in [2.05, 4.69) is 11.3 Å². The first-order valence-corrected chi connectivity index (χ1v) is 11.7. The van der Waals surface area contributed by atoms with Gasteiger partial charge in [0.2, 0.25) is 0 Å². The minimum Gasteiger partial charge on any atom is -0.450 e. The van der Waals surface area contributed by atoms with Crippen LogP contribution in [0.1, 0.15) is 60.6 Å². The summed E-state index contributed by atoms with van der Waals surface area (Å²) in [4.78, 5) is 28.6. The number of carboxylic acid groups (broad SMARTS) is 1. The van der Waals surface area contributed by atoms with Gasteiger partial charge >= 0.3 is 6.16 Å². The number of ether oxygens (including phenoxy) is 1. The number of allylic oxidation sites excluding steroid dienone is 1. The number of nitrogens with two attached hydrogens (primary N) is 1. The Balaban J connectivity index is 0.000000521. The summed E-state index contributed by atoms with van der Waals surface area (Å²) in [6, 6.07) is 3.33. The first-order valence-electron chi connectivity index (χ1n) is 11.7. The van der Waals surface area contributed by atoms with Crippen molar-refractivity contribution >= 4 is 17.1 Å². The summed E-state index contributed by atoms with van der Waals surface area (Å²) in [6.45, 7) is 12.8. The van der Waals surface area contributed by atoms with Crippen molar-refractivity contribution in [1.29, 1.82) is 0 Å². The molecule has 5 rings (SSSR count). The van der Waals surface area contributed by atoms with Gasteiger partial charge in [0.25, 0.3) is 5.56 Å². The van der Waals surface area contributed by atoms with E-state index in [-0.39, 0.29) is 18.0 Å². The number of fused-ring (bicyclic) bond motifs is 4. The number of benzene rings is 1. The largest absolute Gasteiger partial charge is 0.506 e. The average molecular weight is 482 g/mol. The van der Waals surface area contributed by atoms with Gasteiger partial charge in [-0.2, -0.15) is 0 Å². The van der Waals surface area contributed by atoms with Crippen LogP contribution in [0.4, 0.5) is 9.18 Å². The zero-order valence-electron chi connectivity index (χ0n) is 20.9. The van der Waals surface area contributed by atoms with Gasteiger partial charge in [-0.3, -0.25) is 4.79 Å². The topological polar surface area (TPSA) is 107 Å². The Morgan fingerprint density at radius 3 is 2.49 bits per heavy atom. The van der Waals surface area contributed by atoms with E-state index in [0.717, 1.165) is 47.0 Å². The van der Waals surface area contributed by atoms with Crippen LogP contribution in [0.2, 0.25) is 0 Å². The fraction of sp³-hybridized carbons (Fsp3) is 0.370. The number of hydrogen-bond donors (Lipinski definition) is 2. The third kappa shape index (κ3) is 4.78. The van der Waals surface area contributed by atoms with Crippen LogP contribution in [0.5, 0.6) is 0 Å². The van der Waals surface area contributed by atoms with E-state index in [0.29, 0.717) is 40.1 Å². The maximum atomic E-state index is 14.5. The standard InChI is InChI=1S/C22H19FN2O4.C3H7N.C2H6/c1-10-6-18-20-14(8-25(18)21(26)15(10)9-29-22(27)28)13-5-3-4-12-11(2)16(23)7-17(24-20)19(12)13;1-3(2)4;1-2/h6-7H,3-5,8-9H2,1-2H3,(H,27,28);1,4H2,2H3;1-2H3. The molecule has 3 heterocycles. The number of halogens is 1. The predicted octanol–water partition coefficient (Wildman–Crippen LogP) is 5.37. The lowest BCUT2D eigenvalue weighted by atomic mass is 9.85. The van der Waals surface area contributed by atoms with Crippen LogP contribution >= 0.6 is 0 Å². The number of aryl methyl sites for hydroxylation is 3. The van der Waals surface area contributed by atoms with Gasteiger partial charge in [-0.25, -0.2) is 14.2 Å². The summed E-state index contributed by atoms with van der Waals surface area (Å²) in [5.41, 5.74) is 12.2. The third-order valence-electron chi connectivity index (χ3n) is 6.19. The fourth-order valence-corrected chi connectivity index (χ4v) is 4.74. The van der Waals surface area contributed by atoms with Crippen molar-refractivity contribution in [2.45, 2.75) is 67.0 Å². The maximum Gasteiger partial charge on any atom is 0.506 e. The highest BCUT2D eigenvalue weighted by atomic mass is 19.1. The highest BCUT2D eigenvalue weighted by Gasteiger charge is 2.30. The zero-order chi connectivity index (χ0) is 26.0. The van der Waals surface area contributed by atoms with Gasteiger partial charge in [-0.1, -0.05) is 20.4 Å². The van der Waals surface area contributed by atoms with E-state index >= 15 is 0 Å². The van der Waals surface area contributed by atoms with Crippen molar-refractivity contribution in [2.24, 2.45) is 5.73 Å². The Morgan fingerprint density at radius 1 is 1.23 bits per heavy atom. The van der Waals surface area contributed by atoms with Crippen LogP contribution in [-0.2, 0) is 30.7 Å². The number of rotatable bonds is 2. The smallest absolute Gasteiger partial charge is 0.450 e. The Hall–Kier alpha value is -3.68. The highest BCUT2D eigenvalue weighted by Crippen LogP contribution is 2.41. The van der Waals surface area contributed by atoms with Gasteiger partial charge in [-0.15, -0.1) is 0 Å². The van der Waals surface area contributed by atoms with Gasteiger partial charge in [0, 0.05) is 17.0 Å². The predicted molar refractivity (Wildman–Crippen MR) is 135 cm³/mol. The summed E-state index contributed by atoms with van der Waals surface area (Å²) >= 11 is 0. The summed E-state index contributed by atoms with van der Waals surface area (Å²) in [5.74, 6) is -0.250. The summed E-state index contributed by atoms with van der Waals surface area (Å²) < 4.78 is 20.7. The molecule has 0 spiro atoms. The molecule has 2 aromatic heterocycles. The monoisotopic (exact) mass is 481 g/mol. The fourth-order valence-electron chi connectivity index (χ4n) is 4.74.